The Morgan fingerprint density at radius 1 is 1.12 bits per heavy atom. The quantitative estimate of drug-likeness (QED) is 0.719. The lowest BCUT2D eigenvalue weighted by Crippen LogP contribution is -2.51. The van der Waals surface area contributed by atoms with E-state index < -0.39 is 0 Å². The number of hydrogen-bond donors (Lipinski definition) is 0. The Hall–Kier alpha value is -2.80. The van der Waals surface area contributed by atoms with E-state index in [0.29, 0.717) is 17.6 Å². The molecule has 0 spiro atoms. The Morgan fingerprint density at radius 3 is 2.62 bits per heavy atom. The number of pyridine rings is 1. The van der Waals surface area contributed by atoms with Crippen molar-refractivity contribution in [1.29, 1.82) is 0 Å². The second-order valence-electron chi connectivity index (χ2n) is 6.50. The van der Waals surface area contributed by atoms with Gasteiger partial charge in [0.15, 0.2) is 11.6 Å². The summed E-state index contributed by atoms with van der Waals surface area (Å²) in [6.07, 6.45) is 6.59. The number of nitrogens with zero attached hydrogens (tertiary/aromatic N) is 5. The van der Waals surface area contributed by atoms with E-state index in [-0.39, 0.29) is 5.82 Å². The van der Waals surface area contributed by atoms with Crippen LogP contribution in [0.15, 0.2) is 53.5 Å². The van der Waals surface area contributed by atoms with Crippen molar-refractivity contribution in [1.82, 2.24) is 19.9 Å². The molecule has 0 aliphatic carbocycles. The molecule has 1 aliphatic rings. The fourth-order valence-corrected chi connectivity index (χ4v) is 3.28. The molecule has 0 saturated carbocycles. The molecule has 3 aromatic heterocycles. The minimum Gasteiger partial charge on any atom is -0.461 e. The van der Waals surface area contributed by atoms with Gasteiger partial charge in [-0.2, -0.15) is 0 Å². The van der Waals surface area contributed by atoms with Gasteiger partial charge in [0.2, 0.25) is 0 Å². The van der Waals surface area contributed by atoms with Crippen molar-refractivity contribution < 1.29 is 8.81 Å². The molecular weight excluding hydrogens is 333 g/mol. The highest BCUT2D eigenvalue weighted by Crippen LogP contribution is 2.20. The van der Waals surface area contributed by atoms with E-state index in [0.717, 1.165) is 37.6 Å². The van der Waals surface area contributed by atoms with Crippen molar-refractivity contribution in [2.45, 2.75) is 19.5 Å². The Morgan fingerprint density at radius 2 is 1.96 bits per heavy atom. The molecule has 134 valence electrons. The first-order valence-electron chi connectivity index (χ1n) is 8.64. The summed E-state index contributed by atoms with van der Waals surface area (Å²) in [5, 5.41) is 0. The van der Waals surface area contributed by atoms with Gasteiger partial charge in [0.25, 0.3) is 0 Å². The van der Waals surface area contributed by atoms with E-state index in [9.17, 15) is 4.39 Å². The molecule has 1 fully saturated rings. The maximum Gasteiger partial charge on any atom is 0.195 e. The normalized spacial score (nSPS) is 18.2. The smallest absolute Gasteiger partial charge is 0.195 e. The van der Waals surface area contributed by atoms with Crippen LogP contribution in [0.1, 0.15) is 12.5 Å². The summed E-state index contributed by atoms with van der Waals surface area (Å²) < 4.78 is 18.4. The summed E-state index contributed by atoms with van der Waals surface area (Å²) in [4.78, 5) is 17.6. The van der Waals surface area contributed by atoms with Gasteiger partial charge in [-0.15, -0.1) is 0 Å². The number of hydrogen-bond acceptors (Lipinski definition) is 6. The van der Waals surface area contributed by atoms with Crippen LogP contribution in [0.25, 0.3) is 11.6 Å². The van der Waals surface area contributed by atoms with E-state index in [4.69, 9.17) is 4.42 Å². The first kappa shape index (κ1) is 16.7. The monoisotopic (exact) mass is 353 g/mol. The fraction of sp³-hybridized carbons (Fsp3) is 0.316. The highest BCUT2D eigenvalue weighted by Gasteiger charge is 2.24. The van der Waals surface area contributed by atoms with Crippen molar-refractivity contribution in [3.63, 3.8) is 0 Å². The van der Waals surface area contributed by atoms with Gasteiger partial charge in [-0.25, -0.2) is 19.3 Å². The minimum absolute atomic E-state index is 0.296. The van der Waals surface area contributed by atoms with Gasteiger partial charge in [-0.1, -0.05) is 0 Å². The molecule has 3 aromatic rings. The summed E-state index contributed by atoms with van der Waals surface area (Å²) in [6.45, 7) is 5.62. The lowest BCUT2D eigenvalue weighted by atomic mass is 10.1. The first-order valence-corrected chi connectivity index (χ1v) is 8.64. The molecule has 0 aromatic carbocycles. The van der Waals surface area contributed by atoms with Crippen LogP contribution in [0.3, 0.4) is 0 Å². The minimum atomic E-state index is -0.307. The molecule has 0 radical (unpaired) electrons. The van der Waals surface area contributed by atoms with Gasteiger partial charge in [-0.3, -0.25) is 4.90 Å². The Balaban J connectivity index is 1.37. The molecule has 4 rings (SSSR count). The van der Waals surface area contributed by atoms with Crippen molar-refractivity contribution in [2.24, 2.45) is 0 Å². The molecule has 0 bridgehead atoms. The van der Waals surface area contributed by atoms with E-state index >= 15 is 0 Å². The maximum atomic E-state index is 13.1. The van der Waals surface area contributed by atoms with Crippen molar-refractivity contribution >= 4 is 5.82 Å². The third-order valence-corrected chi connectivity index (χ3v) is 4.57. The highest BCUT2D eigenvalue weighted by atomic mass is 19.1. The third-order valence-electron chi connectivity index (χ3n) is 4.57. The molecule has 7 heteroatoms. The Bertz CT molecular complexity index is 835. The predicted octanol–water partition coefficient (Wildman–Crippen LogP) is 2.98. The number of piperazine rings is 1. The summed E-state index contributed by atoms with van der Waals surface area (Å²) in [5.41, 5.74) is 1.07. The molecule has 1 unspecified atom stereocenters. The third kappa shape index (κ3) is 3.57. The van der Waals surface area contributed by atoms with Crippen molar-refractivity contribution in [3.05, 3.63) is 60.5 Å². The van der Waals surface area contributed by atoms with E-state index in [1.807, 2.05) is 24.5 Å². The van der Waals surface area contributed by atoms with Gasteiger partial charge in [0.1, 0.15) is 11.6 Å². The SMILES string of the molecule is CC1CN(Cc2cnc(-c3ccco3)nc2)CCN1c1ccc(F)cn1. The second-order valence-corrected chi connectivity index (χ2v) is 6.50. The zero-order valence-corrected chi connectivity index (χ0v) is 14.5. The van der Waals surface area contributed by atoms with Crippen LogP contribution in [-0.4, -0.2) is 45.5 Å². The second kappa shape index (κ2) is 7.21. The van der Waals surface area contributed by atoms with E-state index in [1.54, 1.807) is 12.3 Å². The summed E-state index contributed by atoms with van der Waals surface area (Å²) in [7, 11) is 0. The average molecular weight is 353 g/mol. The average Bonchev–Trinajstić information content (AvgIpc) is 3.18. The van der Waals surface area contributed by atoms with Gasteiger partial charge in [0, 0.05) is 50.2 Å². The highest BCUT2D eigenvalue weighted by molar-refractivity contribution is 5.45. The van der Waals surface area contributed by atoms with Gasteiger partial charge in [-0.05, 0) is 31.2 Å². The van der Waals surface area contributed by atoms with Crippen LogP contribution in [0.2, 0.25) is 0 Å². The number of rotatable bonds is 4. The van der Waals surface area contributed by atoms with Crippen LogP contribution in [0.4, 0.5) is 10.2 Å². The van der Waals surface area contributed by atoms with Crippen LogP contribution < -0.4 is 4.90 Å². The first-order chi connectivity index (χ1) is 12.7. The van der Waals surface area contributed by atoms with Crippen molar-refractivity contribution in [3.8, 4) is 11.6 Å². The van der Waals surface area contributed by atoms with E-state index in [1.165, 1.54) is 12.3 Å². The fourth-order valence-electron chi connectivity index (χ4n) is 3.28. The lowest BCUT2D eigenvalue weighted by Gasteiger charge is -2.40. The predicted molar refractivity (Wildman–Crippen MR) is 96.0 cm³/mol. The molecule has 1 saturated heterocycles. The van der Waals surface area contributed by atoms with Crippen molar-refractivity contribution in [2.75, 3.05) is 24.5 Å². The zero-order chi connectivity index (χ0) is 17.9. The van der Waals surface area contributed by atoms with Gasteiger partial charge >= 0.3 is 0 Å². The summed E-state index contributed by atoms with van der Waals surface area (Å²) in [5.74, 6) is 1.78. The van der Waals surface area contributed by atoms with Crippen LogP contribution in [-0.2, 0) is 6.54 Å². The van der Waals surface area contributed by atoms with Crippen LogP contribution in [0, 0.1) is 5.82 Å². The number of furan rings is 1. The topological polar surface area (TPSA) is 58.3 Å². The lowest BCUT2D eigenvalue weighted by molar-refractivity contribution is 0.220. The Kier molecular flexibility index (Phi) is 4.62. The molecular formula is C19H20FN5O. The molecule has 26 heavy (non-hydrogen) atoms. The summed E-state index contributed by atoms with van der Waals surface area (Å²) in [6, 6.07) is 7.16. The largest absolute Gasteiger partial charge is 0.461 e. The number of aromatic nitrogens is 3. The molecule has 6 nitrogen and oxygen atoms in total. The van der Waals surface area contributed by atoms with Gasteiger partial charge < -0.3 is 9.32 Å². The zero-order valence-electron chi connectivity index (χ0n) is 14.5. The molecule has 4 heterocycles. The molecule has 0 N–H and O–H groups in total. The molecule has 1 atom stereocenters. The Labute approximate surface area is 151 Å². The number of anilines is 1. The molecule has 1 aliphatic heterocycles. The van der Waals surface area contributed by atoms with Crippen LogP contribution >= 0.6 is 0 Å². The van der Waals surface area contributed by atoms with Crippen LogP contribution in [0.5, 0.6) is 0 Å². The van der Waals surface area contributed by atoms with E-state index in [2.05, 4.69) is 31.7 Å². The number of halogens is 1. The summed E-state index contributed by atoms with van der Waals surface area (Å²) >= 11 is 0. The molecule has 0 amide bonds. The maximum absolute atomic E-state index is 13.1. The van der Waals surface area contributed by atoms with Gasteiger partial charge in [0.05, 0.1) is 12.5 Å². The standard InChI is InChI=1S/C19H20FN5O/c1-14-12-24(6-7-25(14)18-5-4-16(20)11-21-18)13-15-9-22-19(23-10-15)17-3-2-8-26-17/h2-5,8-11,14H,6-7,12-13H2,1H3.